The standard InChI is InChI=1S/C12H11BrN2O4S2/c1-21(18,19)10-4-2-3-9(12(10)15(16)17)14-7-8-5-6-11(13)20-8/h2-6,14H,7H2,1H3. The van der Waals surface area contributed by atoms with Crippen LogP contribution in [0.15, 0.2) is 39.0 Å². The number of nitrogens with one attached hydrogen (secondary N) is 1. The minimum atomic E-state index is -3.67. The number of nitro benzene ring substituents is 1. The van der Waals surface area contributed by atoms with Gasteiger partial charge in [0.2, 0.25) is 0 Å². The third-order valence-electron chi connectivity index (χ3n) is 2.66. The number of thiophene rings is 1. The number of para-hydroxylation sites is 1. The van der Waals surface area contributed by atoms with Crippen LogP contribution in [0.5, 0.6) is 0 Å². The first kappa shape index (κ1) is 15.9. The van der Waals surface area contributed by atoms with Crippen molar-refractivity contribution in [1.82, 2.24) is 0 Å². The number of sulfone groups is 1. The van der Waals surface area contributed by atoms with Crippen molar-refractivity contribution in [2.45, 2.75) is 11.4 Å². The smallest absolute Gasteiger partial charge is 0.310 e. The van der Waals surface area contributed by atoms with E-state index in [0.29, 0.717) is 6.54 Å². The minimum Gasteiger partial charge on any atom is -0.375 e. The number of nitrogens with zero attached hydrogens (tertiary/aromatic N) is 1. The van der Waals surface area contributed by atoms with Gasteiger partial charge in [0.1, 0.15) is 10.6 Å². The molecule has 0 amide bonds. The van der Waals surface area contributed by atoms with Gasteiger partial charge in [0.05, 0.1) is 8.71 Å². The highest BCUT2D eigenvalue weighted by molar-refractivity contribution is 9.11. The Labute approximate surface area is 134 Å². The number of halogens is 1. The molecule has 0 radical (unpaired) electrons. The monoisotopic (exact) mass is 390 g/mol. The average Bonchev–Trinajstić information content (AvgIpc) is 2.80. The molecule has 21 heavy (non-hydrogen) atoms. The third kappa shape index (κ3) is 3.80. The van der Waals surface area contributed by atoms with Crippen molar-refractivity contribution in [1.29, 1.82) is 0 Å². The number of hydrogen-bond donors (Lipinski definition) is 1. The van der Waals surface area contributed by atoms with Gasteiger partial charge < -0.3 is 5.32 Å². The second-order valence-electron chi connectivity index (χ2n) is 4.24. The maximum Gasteiger partial charge on any atom is 0.310 e. The van der Waals surface area contributed by atoms with E-state index in [4.69, 9.17) is 0 Å². The van der Waals surface area contributed by atoms with Crippen LogP contribution < -0.4 is 5.32 Å². The summed E-state index contributed by atoms with van der Waals surface area (Å²) in [6.45, 7) is 0.379. The fourth-order valence-electron chi connectivity index (χ4n) is 1.78. The van der Waals surface area contributed by atoms with Crippen LogP contribution in [0.1, 0.15) is 4.88 Å². The molecule has 0 spiro atoms. The lowest BCUT2D eigenvalue weighted by atomic mass is 10.2. The number of anilines is 1. The summed E-state index contributed by atoms with van der Waals surface area (Å²) in [4.78, 5) is 11.2. The molecule has 0 saturated carbocycles. The van der Waals surface area contributed by atoms with Crippen LogP contribution in [0.4, 0.5) is 11.4 Å². The van der Waals surface area contributed by atoms with Gasteiger partial charge in [0, 0.05) is 17.7 Å². The molecule has 1 heterocycles. The summed E-state index contributed by atoms with van der Waals surface area (Å²) < 4.78 is 24.3. The lowest BCUT2D eigenvalue weighted by Gasteiger charge is -2.08. The zero-order valence-electron chi connectivity index (χ0n) is 10.9. The molecule has 6 nitrogen and oxygen atoms in total. The third-order valence-corrected chi connectivity index (χ3v) is 5.41. The van der Waals surface area contributed by atoms with Gasteiger partial charge in [0.15, 0.2) is 9.84 Å². The summed E-state index contributed by atoms with van der Waals surface area (Å²) >= 11 is 4.83. The number of benzene rings is 1. The van der Waals surface area contributed by atoms with E-state index in [9.17, 15) is 18.5 Å². The van der Waals surface area contributed by atoms with Gasteiger partial charge in [-0.25, -0.2) is 8.42 Å². The Kier molecular flexibility index (Phi) is 4.64. The van der Waals surface area contributed by atoms with E-state index in [2.05, 4.69) is 21.2 Å². The molecule has 0 atom stereocenters. The van der Waals surface area contributed by atoms with Crippen LogP contribution in [0.2, 0.25) is 0 Å². The van der Waals surface area contributed by atoms with E-state index < -0.39 is 20.4 Å². The fourth-order valence-corrected chi connectivity index (χ4v) is 4.07. The highest BCUT2D eigenvalue weighted by Gasteiger charge is 2.25. The van der Waals surface area contributed by atoms with Crippen molar-refractivity contribution in [3.05, 3.63) is 49.1 Å². The van der Waals surface area contributed by atoms with Gasteiger partial charge in [-0.3, -0.25) is 10.1 Å². The van der Waals surface area contributed by atoms with Crippen LogP contribution in [0, 0.1) is 10.1 Å². The molecule has 0 aliphatic carbocycles. The topological polar surface area (TPSA) is 89.3 Å². The Balaban J connectivity index is 2.37. The van der Waals surface area contributed by atoms with E-state index in [0.717, 1.165) is 14.9 Å². The summed E-state index contributed by atoms with van der Waals surface area (Å²) in [6, 6.07) is 7.98. The van der Waals surface area contributed by atoms with Crippen molar-refractivity contribution < 1.29 is 13.3 Å². The Bertz CT molecular complexity index is 786. The molecular formula is C12H11BrN2O4S2. The molecule has 1 aromatic carbocycles. The normalized spacial score (nSPS) is 11.3. The first-order valence-corrected chi connectivity index (χ1v) is 9.24. The van der Waals surface area contributed by atoms with Crippen molar-refractivity contribution in [3.63, 3.8) is 0 Å². The molecule has 0 saturated heterocycles. The summed E-state index contributed by atoms with van der Waals surface area (Å²) in [5, 5.41) is 14.1. The maximum atomic E-state index is 11.7. The van der Waals surface area contributed by atoms with Gasteiger partial charge >= 0.3 is 5.69 Å². The molecule has 0 fully saturated rings. The van der Waals surface area contributed by atoms with Gasteiger partial charge in [-0.1, -0.05) is 6.07 Å². The predicted octanol–water partition coefficient (Wildman–Crippen LogP) is 3.43. The molecule has 1 aromatic heterocycles. The Hall–Kier alpha value is -1.45. The maximum absolute atomic E-state index is 11.7. The summed E-state index contributed by atoms with van der Waals surface area (Å²) in [5.41, 5.74) is -0.233. The van der Waals surface area contributed by atoms with Crippen LogP contribution in [0.3, 0.4) is 0 Å². The predicted molar refractivity (Wildman–Crippen MR) is 85.6 cm³/mol. The molecular weight excluding hydrogens is 380 g/mol. The SMILES string of the molecule is CS(=O)(=O)c1cccc(NCc2ccc(Br)s2)c1[N+](=O)[O-]. The summed E-state index contributed by atoms with van der Waals surface area (Å²) in [7, 11) is -3.67. The van der Waals surface area contributed by atoms with Crippen LogP contribution >= 0.6 is 27.3 Å². The number of nitro groups is 1. The van der Waals surface area contributed by atoms with E-state index in [1.165, 1.54) is 29.5 Å². The highest BCUT2D eigenvalue weighted by Crippen LogP contribution is 2.32. The van der Waals surface area contributed by atoms with E-state index in [-0.39, 0.29) is 10.6 Å². The van der Waals surface area contributed by atoms with Crippen LogP contribution in [0.25, 0.3) is 0 Å². The number of rotatable bonds is 5. The zero-order valence-corrected chi connectivity index (χ0v) is 14.1. The minimum absolute atomic E-state index is 0.187. The van der Waals surface area contributed by atoms with Crippen molar-refractivity contribution >= 4 is 48.5 Å². The second-order valence-corrected chi connectivity index (χ2v) is 8.77. The molecule has 0 bridgehead atoms. The molecule has 2 aromatic rings. The second kappa shape index (κ2) is 6.12. The molecule has 112 valence electrons. The Morgan fingerprint density at radius 3 is 2.57 bits per heavy atom. The van der Waals surface area contributed by atoms with Gasteiger partial charge in [-0.15, -0.1) is 11.3 Å². The number of hydrogen-bond acceptors (Lipinski definition) is 6. The molecule has 0 aliphatic heterocycles. The van der Waals surface area contributed by atoms with E-state index >= 15 is 0 Å². The van der Waals surface area contributed by atoms with E-state index in [1.807, 2.05) is 12.1 Å². The molecule has 2 rings (SSSR count). The highest BCUT2D eigenvalue weighted by atomic mass is 79.9. The van der Waals surface area contributed by atoms with Crippen molar-refractivity contribution in [2.75, 3.05) is 11.6 Å². The quantitative estimate of drug-likeness (QED) is 0.623. The first-order chi connectivity index (χ1) is 9.79. The molecule has 0 aliphatic rings. The largest absolute Gasteiger partial charge is 0.375 e. The Morgan fingerprint density at radius 1 is 1.33 bits per heavy atom. The Morgan fingerprint density at radius 2 is 2.05 bits per heavy atom. The fraction of sp³-hybridized carbons (Fsp3) is 0.167. The van der Waals surface area contributed by atoms with Crippen LogP contribution in [-0.4, -0.2) is 19.6 Å². The molecule has 9 heteroatoms. The van der Waals surface area contributed by atoms with Gasteiger partial charge in [-0.2, -0.15) is 0 Å². The lowest BCUT2D eigenvalue weighted by Crippen LogP contribution is -2.07. The lowest BCUT2D eigenvalue weighted by molar-refractivity contribution is -0.386. The van der Waals surface area contributed by atoms with Gasteiger partial charge in [0.25, 0.3) is 0 Å². The van der Waals surface area contributed by atoms with Crippen LogP contribution in [-0.2, 0) is 16.4 Å². The first-order valence-electron chi connectivity index (χ1n) is 5.74. The van der Waals surface area contributed by atoms with Crippen molar-refractivity contribution in [2.24, 2.45) is 0 Å². The van der Waals surface area contributed by atoms with E-state index in [1.54, 1.807) is 0 Å². The average molecular weight is 391 g/mol. The molecule has 1 N–H and O–H groups in total. The summed E-state index contributed by atoms with van der Waals surface area (Å²) in [6.07, 6.45) is 0.954. The summed E-state index contributed by atoms with van der Waals surface area (Å²) in [5.74, 6) is 0. The van der Waals surface area contributed by atoms with Crippen molar-refractivity contribution in [3.8, 4) is 0 Å². The molecule has 0 unspecified atom stereocenters. The zero-order chi connectivity index (χ0) is 15.6. The van der Waals surface area contributed by atoms with Gasteiger partial charge in [-0.05, 0) is 40.2 Å².